The molecule has 0 N–H and O–H groups in total. The van der Waals surface area contributed by atoms with Gasteiger partial charge in [0, 0.05) is 23.5 Å². The molecule has 0 bridgehead atoms. The lowest BCUT2D eigenvalue weighted by Gasteiger charge is -2.18. The average molecular weight is 375 g/mol. The maximum Gasteiger partial charge on any atom is 0.337 e. The number of carbonyl (C=O) groups is 2. The molecule has 0 spiro atoms. The maximum atomic E-state index is 13.0. The molecular weight excluding hydrogens is 354 g/mol. The van der Waals surface area contributed by atoms with E-state index in [1.165, 1.54) is 7.11 Å². The number of rotatable bonds is 3. The summed E-state index contributed by atoms with van der Waals surface area (Å²) in [6.45, 7) is 4.55. The molecule has 1 aliphatic rings. The highest BCUT2D eigenvalue weighted by Crippen LogP contribution is 2.30. The van der Waals surface area contributed by atoms with Gasteiger partial charge in [-0.2, -0.15) is 5.10 Å². The number of hydrogen-bond donors (Lipinski definition) is 0. The minimum absolute atomic E-state index is 0.0514. The number of aryl methyl sites for hydroxylation is 2. The van der Waals surface area contributed by atoms with Crippen molar-refractivity contribution in [1.29, 1.82) is 0 Å². The fourth-order valence-electron chi connectivity index (χ4n) is 3.65. The first-order valence-corrected chi connectivity index (χ1v) is 9.15. The molecule has 1 aliphatic heterocycles. The van der Waals surface area contributed by atoms with Crippen molar-refractivity contribution in [3.05, 3.63) is 76.6 Å². The van der Waals surface area contributed by atoms with E-state index in [9.17, 15) is 9.59 Å². The molecule has 1 aromatic heterocycles. The number of hydrogen-bond acceptors (Lipinski definition) is 4. The number of fused-ring (bicyclic) bond motifs is 1. The average Bonchev–Trinajstić information content (AvgIpc) is 3.28. The van der Waals surface area contributed by atoms with E-state index in [-0.39, 0.29) is 11.9 Å². The number of nitrogens with zero attached hydrogens (tertiary/aromatic N) is 3. The minimum atomic E-state index is -0.368. The quantitative estimate of drug-likeness (QED) is 0.658. The zero-order chi connectivity index (χ0) is 19.8. The van der Waals surface area contributed by atoms with Crippen molar-refractivity contribution in [3.63, 3.8) is 0 Å². The second-order valence-electron chi connectivity index (χ2n) is 6.93. The summed E-state index contributed by atoms with van der Waals surface area (Å²) in [6, 6.07) is 14.8. The first-order valence-electron chi connectivity index (χ1n) is 9.15. The molecule has 0 fully saturated rings. The third kappa shape index (κ3) is 3.07. The van der Waals surface area contributed by atoms with E-state index in [1.54, 1.807) is 17.0 Å². The molecule has 142 valence electrons. The Kier molecular flexibility index (Phi) is 4.47. The van der Waals surface area contributed by atoms with Crippen molar-refractivity contribution in [2.75, 3.05) is 18.6 Å². The van der Waals surface area contributed by atoms with Gasteiger partial charge in [0.05, 0.1) is 24.1 Å². The summed E-state index contributed by atoms with van der Waals surface area (Å²) in [4.78, 5) is 26.5. The van der Waals surface area contributed by atoms with Crippen LogP contribution in [0.5, 0.6) is 0 Å². The van der Waals surface area contributed by atoms with Crippen molar-refractivity contribution in [3.8, 4) is 5.69 Å². The Labute approximate surface area is 163 Å². The van der Waals surface area contributed by atoms with E-state index in [4.69, 9.17) is 4.74 Å². The molecule has 3 aromatic rings. The molecule has 4 rings (SSSR count). The fourth-order valence-corrected chi connectivity index (χ4v) is 3.65. The van der Waals surface area contributed by atoms with Gasteiger partial charge < -0.3 is 9.64 Å². The number of anilines is 1. The summed E-state index contributed by atoms with van der Waals surface area (Å²) in [6.07, 6.45) is 0.718. The van der Waals surface area contributed by atoms with Gasteiger partial charge in [-0.15, -0.1) is 0 Å². The largest absolute Gasteiger partial charge is 0.465 e. The Morgan fingerprint density at radius 3 is 2.36 bits per heavy atom. The minimum Gasteiger partial charge on any atom is -0.465 e. The Morgan fingerprint density at radius 2 is 1.71 bits per heavy atom. The number of ether oxygens (including phenoxy) is 1. The number of methoxy groups -OCH3 is 1. The van der Waals surface area contributed by atoms with Crippen LogP contribution in [0.2, 0.25) is 0 Å². The van der Waals surface area contributed by atoms with Gasteiger partial charge in [-0.05, 0) is 74.4 Å². The Balaban J connectivity index is 1.58. The number of amides is 1. The Hall–Kier alpha value is -3.41. The van der Waals surface area contributed by atoms with Crippen LogP contribution in [0.1, 0.15) is 37.7 Å². The van der Waals surface area contributed by atoms with Crippen LogP contribution >= 0.6 is 0 Å². The first-order chi connectivity index (χ1) is 13.5. The molecule has 0 atom stereocenters. The monoisotopic (exact) mass is 375 g/mol. The van der Waals surface area contributed by atoms with Crippen LogP contribution in [-0.2, 0) is 11.2 Å². The van der Waals surface area contributed by atoms with E-state index in [2.05, 4.69) is 5.10 Å². The number of benzene rings is 2. The SMILES string of the molecule is COC(=O)c1ccc2c(c1)CCN2C(=O)c1ccc(-n2nc(C)cc2C)cc1. The molecule has 2 heterocycles. The van der Waals surface area contributed by atoms with Gasteiger partial charge in [0.15, 0.2) is 0 Å². The molecular formula is C22H21N3O3. The van der Waals surface area contributed by atoms with Gasteiger partial charge in [-0.1, -0.05) is 0 Å². The van der Waals surface area contributed by atoms with Gasteiger partial charge in [-0.25, -0.2) is 9.48 Å². The van der Waals surface area contributed by atoms with E-state index >= 15 is 0 Å². The lowest BCUT2D eigenvalue weighted by molar-refractivity contribution is 0.0600. The van der Waals surface area contributed by atoms with Crippen molar-refractivity contribution < 1.29 is 14.3 Å². The molecule has 0 saturated carbocycles. The normalized spacial score (nSPS) is 12.8. The lowest BCUT2D eigenvalue weighted by atomic mass is 10.1. The van der Waals surface area contributed by atoms with Gasteiger partial charge in [0.2, 0.25) is 0 Å². The second-order valence-corrected chi connectivity index (χ2v) is 6.93. The van der Waals surface area contributed by atoms with Crippen LogP contribution in [-0.4, -0.2) is 35.3 Å². The van der Waals surface area contributed by atoms with Gasteiger partial charge in [0.1, 0.15) is 0 Å². The van der Waals surface area contributed by atoms with E-state index < -0.39 is 0 Å². The summed E-state index contributed by atoms with van der Waals surface area (Å²) < 4.78 is 6.63. The van der Waals surface area contributed by atoms with Crippen molar-refractivity contribution in [1.82, 2.24) is 9.78 Å². The lowest BCUT2D eigenvalue weighted by Crippen LogP contribution is -2.28. The predicted molar refractivity (Wildman–Crippen MR) is 106 cm³/mol. The van der Waals surface area contributed by atoms with E-state index in [0.29, 0.717) is 17.7 Å². The van der Waals surface area contributed by atoms with Gasteiger partial charge in [-0.3, -0.25) is 4.79 Å². The molecule has 6 heteroatoms. The van der Waals surface area contributed by atoms with Gasteiger partial charge >= 0.3 is 5.97 Å². The highest BCUT2D eigenvalue weighted by atomic mass is 16.5. The summed E-state index contributed by atoms with van der Waals surface area (Å²) in [5.41, 5.74) is 5.88. The molecule has 2 aromatic carbocycles. The van der Waals surface area contributed by atoms with Crippen LogP contribution in [0.3, 0.4) is 0 Å². The number of carbonyl (C=O) groups excluding carboxylic acids is 2. The summed E-state index contributed by atoms with van der Waals surface area (Å²) in [5, 5.41) is 4.48. The maximum absolute atomic E-state index is 13.0. The molecule has 1 amide bonds. The Bertz CT molecular complexity index is 1070. The standard InChI is InChI=1S/C22H21N3O3/c1-14-12-15(2)25(23-14)19-7-4-16(5-8-19)21(26)24-11-10-17-13-18(22(27)28-3)6-9-20(17)24/h4-9,12-13H,10-11H2,1-3H3. The smallest absolute Gasteiger partial charge is 0.337 e. The molecule has 0 saturated heterocycles. The van der Waals surface area contributed by atoms with E-state index in [0.717, 1.165) is 34.7 Å². The summed E-state index contributed by atoms with van der Waals surface area (Å²) in [5.74, 6) is -0.420. The van der Waals surface area contributed by atoms with Crippen molar-refractivity contribution >= 4 is 17.6 Å². The zero-order valence-electron chi connectivity index (χ0n) is 16.1. The molecule has 0 aliphatic carbocycles. The van der Waals surface area contributed by atoms with Crippen LogP contribution in [0.25, 0.3) is 5.69 Å². The molecule has 6 nitrogen and oxygen atoms in total. The highest BCUT2D eigenvalue weighted by Gasteiger charge is 2.26. The third-order valence-corrected chi connectivity index (χ3v) is 5.01. The summed E-state index contributed by atoms with van der Waals surface area (Å²) >= 11 is 0. The predicted octanol–water partition coefficient (Wildman–Crippen LogP) is 3.48. The highest BCUT2D eigenvalue weighted by molar-refractivity contribution is 6.07. The third-order valence-electron chi connectivity index (χ3n) is 5.01. The zero-order valence-corrected chi connectivity index (χ0v) is 16.1. The number of aromatic nitrogens is 2. The van der Waals surface area contributed by atoms with Gasteiger partial charge in [0.25, 0.3) is 5.91 Å². The second kappa shape index (κ2) is 6.96. The number of esters is 1. The fraction of sp³-hybridized carbons (Fsp3) is 0.227. The summed E-state index contributed by atoms with van der Waals surface area (Å²) in [7, 11) is 1.36. The van der Waals surface area contributed by atoms with Crippen LogP contribution in [0.4, 0.5) is 5.69 Å². The van der Waals surface area contributed by atoms with Crippen LogP contribution in [0.15, 0.2) is 48.5 Å². The topological polar surface area (TPSA) is 64.4 Å². The van der Waals surface area contributed by atoms with E-state index in [1.807, 2.05) is 54.9 Å². The molecule has 0 unspecified atom stereocenters. The first kappa shape index (κ1) is 18.0. The Morgan fingerprint density at radius 1 is 1.00 bits per heavy atom. The van der Waals surface area contributed by atoms with Crippen LogP contribution < -0.4 is 4.90 Å². The van der Waals surface area contributed by atoms with Crippen molar-refractivity contribution in [2.24, 2.45) is 0 Å². The molecule has 0 radical (unpaired) electrons. The van der Waals surface area contributed by atoms with Crippen molar-refractivity contribution in [2.45, 2.75) is 20.3 Å². The van der Waals surface area contributed by atoms with Crippen LogP contribution in [0, 0.1) is 13.8 Å². The molecule has 28 heavy (non-hydrogen) atoms.